The Bertz CT molecular complexity index is 840. The molecule has 1 aromatic heterocycles. The van der Waals surface area contributed by atoms with Gasteiger partial charge in [-0.05, 0) is 36.8 Å². The minimum atomic E-state index is -0.327. The van der Waals surface area contributed by atoms with Crippen molar-refractivity contribution >= 4 is 5.97 Å². The van der Waals surface area contributed by atoms with Gasteiger partial charge in [0.1, 0.15) is 18.1 Å². The minimum absolute atomic E-state index is 0.0370. The first kappa shape index (κ1) is 15.9. The summed E-state index contributed by atoms with van der Waals surface area (Å²) in [4.78, 5) is 11.9. The van der Waals surface area contributed by atoms with Crippen LogP contribution in [0.3, 0.4) is 0 Å². The minimum Gasteiger partial charge on any atom is -0.459 e. The van der Waals surface area contributed by atoms with Crippen molar-refractivity contribution in [2.24, 2.45) is 0 Å². The van der Waals surface area contributed by atoms with Crippen molar-refractivity contribution in [3.63, 3.8) is 0 Å². The fourth-order valence-electron chi connectivity index (χ4n) is 2.32. The second kappa shape index (κ2) is 7.08. The maximum atomic E-state index is 12.9. The van der Waals surface area contributed by atoms with E-state index in [1.165, 1.54) is 12.1 Å². The van der Waals surface area contributed by atoms with E-state index in [9.17, 15) is 9.18 Å². The van der Waals surface area contributed by atoms with Crippen molar-refractivity contribution in [1.82, 2.24) is 5.16 Å². The van der Waals surface area contributed by atoms with Crippen molar-refractivity contribution in [3.8, 4) is 11.3 Å². The summed E-state index contributed by atoms with van der Waals surface area (Å²) in [6.07, 6.45) is 0.213. The molecule has 1 heterocycles. The van der Waals surface area contributed by atoms with Crippen LogP contribution in [-0.4, -0.2) is 11.1 Å². The summed E-state index contributed by atoms with van der Waals surface area (Å²) in [7, 11) is 0. The van der Waals surface area contributed by atoms with E-state index in [4.69, 9.17) is 9.26 Å². The zero-order chi connectivity index (χ0) is 16.9. The van der Waals surface area contributed by atoms with Gasteiger partial charge in [0.25, 0.3) is 0 Å². The van der Waals surface area contributed by atoms with Crippen LogP contribution in [0.15, 0.2) is 59.1 Å². The van der Waals surface area contributed by atoms with E-state index >= 15 is 0 Å². The highest BCUT2D eigenvalue weighted by molar-refractivity contribution is 5.72. The van der Waals surface area contributed by atoms with Gasteiger partial charge in [-0.25, -0.2) is 4.39 Å². The molecule has 122 valence electrons. The molecule has 4 nitrogen and oxygen atoms in total. The quantitative estimate of drug-likeness (QED) is 0.663. The summed E-state index contributed by atoms with van der Waals surface area (Å²) in [5.74, 6) is -0.143. The molecule has 2 aromatic carbocycles. The fourth-order valence-corrected chi connectivity index (χ4v) is 2.32. The van der Waals surface area contributed by atoms with Gasteiger partial charge in [-0.15, -0.1) is 0 Å². The molecule has 0 N–H and O–H groups in total. The predicted molar refractivity (Wildman–Crippen MR) is 86.6 cm³/mol. The molecule has 0 aliphatic carbocycles. The van der Waals surface area contributed by atoms with Gasteiger partial charge in [0.2, 0.25) is 0 Å². The molecule has 0 bridgehead atoms. The van der Waals surface area contributed by atoms with E-state index in [1.54, 1.807) is 18.2 Å². The molecule has 0 fully saturated rings. The standard InChI is InChI=1S/C19H16FNO3/c1-13-3-2-4-14(9-13)10-19(22)23-12-17-11-18(24-21-17)15-5-7-16(20)8-6-15/h2-9,11H,10,12H2,1H3. The third-order valence-electron chi connectivity index (χ3n) is 3.50. The van der Waals surface area contributed by atoms with Crippen LogP contribution in [0.1, 0.15) is 16.8 Å². The smallest absolute Gasteiger partial charge is 0.310 e. The van der Waals surface area contributed by atoms with Gasteiger partial charge in [-0.2, -0.15) is 0 Å². The van der Waals surface area contributed by atoms with Gasteiger partial charge >= 0.3 is 5.97 Å². The molecule has 24 heavy (non-hydrogen) atoms. The number of carbonyl (C=O) groups excluding carboxylic acids is 1. The van der Waals surface area contributed by atoms with Crippen LogP contribution in [0.5, 0.6) is 0 Å². The lowest BCUT2D eigenvalue weighted by molar-refractivity contribution is -0.144. The van der Waals surface area contributed by atoms with Gasteiger partial charge in [0.05, 0.1) is 6.42 Å². The van der Waals surface area contributed by atoms with Crippen molar-refractivity contribution in [3.05, 3.63) is 77.2 Å². The van der Waals surface area contributed by atoms with Crippen LogP contribution in [0, 0.1) is 12.7 Å². The van der Waals surface area contributed by atoms with Gasteiger partial charge in [0.15, 0.2) is 5.76 Å². The molecule has 0 unspecified atom stereocenters. The lowest BCUT2D eigenvalue weighted by Crippen LogP contribution is -2.08. The van der Waals surface area contributed by atoms with E-state index in [0.717, 1.165) is 11.1 Å². The molecule has 0 amide bonds. The Kier molecular flexibility index (Phi) is 4.70. The maximum Gasteiger partial charge on any atom is 0.310 e. The van der Waals surface area contributed by atoms with Gasteiger partial charge in [-0.3, -0.25) is 4.79 Å². The molecule has 0 radical (unpaired) electrons. The summed E-state index contributed by atoms with van der Waals surface area (Å²) < 4.78 is 23.3. The Morgan fingerprint density at radius 3 is 2.71 bits per heavy atom. The number of aryl methyl sites for hydroxylation is 1. The third-order valence-corrected chi connectivity index (χ3v) is 3.50. The second-order valence-electron chi connectivity index (χ2n) is 5.52. The molecule has 0 saturated heterocycles. The number of nitrogens with zero attached hydrogens (tertiary/aromatic N) is 1. The average Bonchev–Trinajstić information content (AvgIpc) is 3.03. The predicted octanol–water partition coefficient (Wildman–Crippen LogP) is 4.08. The first-order valence-electron chi connectivity index (χ1n) is 7.53. The third kappa shape index (κ3) is 4.07. The van der Waals surface area contributed by atoms with Crippen LogP contribution in [0.25, 0.3) is 11.3 Å². The maximum absolute atomic E-state index is 12.9. The fraction of sp³-hybridized carbons (Fsp3) is 0.158. The molecule has 0 atom stereocenters. The average molecular weight is 325 g/mol. The van der Waals surface area contributed by atoms with Gasteiger partial charge in [0, 0.05) is 11.6 Å². The highest BCUT2D eigenvalue weighted by atomic mass is 19.1. The Hall–Kier alpha value is -2.95. The number of benzene rings is 2. The van der Waals surface area contributed by atoms with Crippen LogP contribution < -0.4 is 0 Å². The van der Waals surface area contributed by atoms with E-state index in [-0.39, 0.29) is 24.8 Å². The number of hydrogen-bond acceptors (Lipinski definition) is 4. The summed E-state index contributed by atoms with van der Waals surface area (Å²) in [6.45, 7) is 2.01. The molecular weight excluding hydrogens is 309 g/mol. The highest BCUT2D eigenvalue weighted by Crippen LogP contribution is 2.21. The summed E-state index contributed by atoms with van der Waals surface area (Å²) in [6, 6.07) is 15.3. The normalized spacial score (nSPS) is 10.6. The number of esters is 1. The molecule has 5 heteroatoms. The van der Waals surface area contributed by atoms with Crippen molar-refractivity contribution in [2.75, 3.05) is 0 Å². The number of carbonyl (C=O) groups is 1. The van der Waals surface area contributed by atoms with E-state index in [2.05, 4.69) is 5.16 Å². The molecule has 0 spiro atoms. The highest BCUT2D eigenvalue weighted by Gasteiger charge is 2.10. The first-order chi connectivity index (χ1) is 11.6. The Morgan fingerprint density at radius 2 is 1.96 bits per heavy atom. The summed E-state index contributed by atoms with van der Waals surface area (Å²) >= 11 is 0. The number of hydrogen-bond donors (Lipinski definition) is 0. The Morgan fingerprint density at radius 1 is 1.17 bits per heavy atom. The zero-order valence-electron chi connectivity index (χ0n) is 13.2. The molecule has 0 aliphatic heterocycles. The summed E-state index contributed by atoms with van der Waals surface area (Å²) in [5.41, 5.74) is 3.22. The van der Waals surface area contributed by atoms with Gasteiger partial charge < -0.3 is 9.26 Å². The second-order valence-corrected chi connectivity index (χ2v) is 5.52. The molecule has 3 aromatic rings. The lowest BCUT2D eigenvalue weighted by atomic mass is 10.1. The van der Waals surface area contributed by atoms with Crippen LogP contribution in [-0.2, 0) is 22.6 Å². The van der Waals surface area contributed by atoms with Crippen molar-refractivity contribution in [1.29, 1.82) is 0 Å². The molecular formula is C19H16FNO3. The van der Waals surface area contributed by atoms with Crippen LogP contribution in [0.2, 0.25) is 0 Å². The number of aromatic nitrogens is 1. The number of halogens is 1. The number of rotatable bonds is 5. The van der Waals surface area contributed by atoms with Crippen LogP contribution in [0.4, 0.5) is 4.39 Å². The Balaban J connectivity index is 1.57. The Labute approximate surface area is 138 Å². The number of ether oxygens (including phenoxy) is 1. The van der Waals surface area contributed by atoms with Crippen molar-refractivity contribution in [2.45, 2.75) is 20.0 Å². The van der Waals surface area contributed by atoms with E-state index in [1.807, 2.05) is 31.2 Å². The summed E-state index contributed by atoms with van der Waals surface area (Å²) in [5, 5.41) is 3.86. The largest absolute Gasteiger partial charge is 0.459 e. The van der Waals surface area contributed by atoms with E-state index in [0.29, 0.717) is 17.0 Å². The monoisotopic (exact) mass is 325 g/mol. The molecule has 0 aliphatic rings. The zero-order valence-corrected chi connectivity index (χ0v) is 13.2. The lowest BCUT2D eigenvalue weighted by Gasteiger charge is -2.03. The molecule has 0 saturated carbocycles. The SMILES string of the molecule is Cc1cccc(CC(=O)OCc2cc(-c3ccc(F)cc3)on2)c1. The van der Waals surface area contributed by atoms with Crippen LogP contribution >= 0.6 is 0 Å². The van der Waals surface area contributed by atoms with Crippen molar-refractivity contribution < 1.29 is 18.4 Å². The molecule has 3 rings (SSSR count). The van der Waals surface area contributed by atoms with E-state index < -0.39 is 0 Å². The topological polar surface area (TPSA) is 52.3 Å². The first-order valence-corrected chi connectivity index (χ1v) is 7.53. The van der Waals surface area contributed by atoms with Gasteiger partial charge in [-0.1, -0.05) is 35.0 Å².